The van der Waals surface area contributed by atoms with Crippen LogP contribution in [0.5, 0.6) is 17.2 Å². The lowest BCUT2D eigenvalue weighted by molar-refractivity contribution is -0.136. The third-order valence-electron chi connectivity index (χ3n) is 5.05. The van der Waals surface area contributed by atoms with Crippen molar-refractivity contribution in [2.75, 3.05) is 40.0 Å². The smallest absolute Gasteiger partial charge is 0.349 e. The van der Waals surface area contributed by atoms with E-state index >= 15 is 0 Å². The highest BCUT2D eigenvalue weighted by molar-refractivity contribution is 6.01. The summed E-state index contributed by atoms with van der Waals surface area (Å²) in [6.45, 7) is 5.41. The van der Waals surface area contributed by atoms with Crippen molar-refractivity contribution in [1.82, 2.24) is 4.90 Å². The fourth-order valence-corrected chi connectivity index (χ4v) is 3.35. The van der Waals surface area contributed by atoms with Crippen LogP contribution in [0.15, 0.2) is 42.0 Å². The van der Waals surface area contributed by atoms with Crippen LogP contribution in [0.2, 0.25) is 0 Å². The maximum atomic E-state index is 12.6. The molecule has 1 heterocycles. The Kier molecular flexibility index (Phi) is 8.06. The normalized spacial score (nSPS) is 13.8. The van der Waals surface area contributed by atoms with Crippen LogP contribution in [0.1, 0.15) is 16.7 Å². The molecule has 0 spiro atoms. The number of benzene rings is 2. The van der Waals surface area contributed by atoms with Crippen molar-refractivity contribution >= 4 is 18.0 Å². The Bertz CT molecular complexity index is 1100. The molecule has 0 unspecified atom stereocenters. The predicted molar refractivity (Wildman–Crippen MR) is 121 cm³/mol. The van der Waals surface area contributed by atoms with Gasteiger partial charge in [0, 0.05) is 13.1 Å². The van der Waals surface area contributed by atoms with E-state index in [9.17, 15) is 14.9 Å². The Morgan fingerprint density at radius 1 is 1.09 bits per heavy atom. The van der Waals surface area contributed by atoms with E-state index in [4.69, 9.17) is 18.9 Å². The van der Waals surface area contributed by atoms with Crippen molar-refractivity contribution < 1.29 is 28.5 Å². The highest BCUT2D eigenvalue weighted by atomic mass is 16.6. The molecule has 8 nitrogen and oxygen atoms in total. The second-order valence-corrected chi connectivity index (χ2v) is 7.52. The number of aryl methyl sites for hydroxylation is 2. The molecule has 0 N–H and O–H groups in total. The van der Waals surface area contributed by atoms with Gasteiger partial charge >= 0.3 is 5.97 Å². The van der Waals surface area contributed by atoms with Crippen molar-refractivity contribution in [3.8, 4) is 23.3 Å². The largest absolute Gasteiger partial charge is 0.493 e. The third kappa shape index (κ3) is 6.34. The minimum Gasteiger partial charge on any atom is -0.493 e. The van der Waals surface area contributed by atoms with Crippen LogP contribution in [0.25, 0.3) is 6.08 Å². The average Bonchev–Trinajstić information content (AvgIpc) is 2.82. The first-order chi connectivity index (χ1) is 15.9. The topological polar surface area (TPSA) is 98.1 Å². The summed E-state index contributed by atoms with van der Waals surface area (Å²) in [6, 6.07) is 12.4. The molecule has 1 saturated heterocycles. The molecular weight excluding hydrogens is 424 g/mol. The Labute approximate surface area is 192 Å². The molecule has 33 heavy (non-hydrogen) atoms. The number of morpholine rings is 1. The van der Waals surface area contributed by atoms with Gasteiger partial charge in [-0.1, -0.05) is 23.8 Å². The van der Waals surface area contributed by atoms with Crippen LogP contribution >= 0.6 is 0 Å². The molecule has 0 saturated carbocycles. The fourth-order valence-electron chi connectivity index (χ4n) is 3.35. The number of methoxy groups -OCH3 is 1. The van der Waals surface area contributed by atoms with Gasteiger partial charge in [-0.3, -0.25) is 4.79 Å². The van der Waals surface area contributed by atoms with Gasteiger partial charge in [-0.05, 0) is 49.2 Å². The van der Waals surface area contributed by atoms with Gasteiger partial charge in [0.2, 0.25) is 0 Å². The first kappa shape index (κ1) is 23.8. The van der Waals surface area contributed by atoms with Crippen LogP contribution < -0.4 is 14.2 Å². The van der Waals surface area contributed by atoms with Gasteiger partial charge in [-0.25, -0.2) is 4.79 Å². The molecule has 8 heteroatoms. The maximum absolute atomic E-state index is 12.6. The van der Waals surface area contributed by atoms with E-state index in [-0.39, 0.29) is 23.8 Å². The summed E-state index contributed by atoms with van der Waals surface area (Å²) in [7, 11) is 1.44. The Hall–Kier alpha value is -3.83. The highest BCUT2D eigenvalue weighted by Crippen LogP contribution is 2.29. The highest BCUT2D eigenvalue weighted by Gasteiger charge is 2.21. The minimum atomic E-state index is -0.586. The Balaban J connectivity index is 1.68. The molecule has 0 aliphatic carbocycles. The molecular formula is C25H26N2O6. The third-order valence-corrected chi connectivity index (χ3v) is 5.05. The summed E-state index contributed by atoms with van der Waals surface area (Å²) in [5.74, 6) is 0.177. The van der Waals surface area contributed by atoms with Crippen LogP contribution in [-0.2, 0) is 14.3 Å². The summed E-state index contributed by atoms with van der Waals surface area (Å²) >= 11 is 0. The van der Waals surface area contributed by atoms with E-state index in [2.05, 4.69) is 0 Å². The lowest BCUT2D eigenvalue weighted by Crippen LogP contribution is -2.41. The average molecular weight is 450 g/mol. The Morgan fingerprint density at radius 2 is 1.82 bits per heavy atom. The second-order valence-electron chi connectivity index (χ2n) is 7.52. The van der Waals surface area contributed by atoms with Gasteiger partial charge in [0.1, 0.15) is 17.4 Å². The number of nitrogens with zero attached hydrogens (tertiary/aromatic N) is 2. The van der Waals surface area contributed by atoms with Crippen molar-refractivity contribution in [2.45, 2.75) is 13.8 Å². The molecule has 3 rings (SSSR count). The SMILES string of the molecule is COc1cc(/C=C(\C#N)C(=O)N2CCOCC2)ccc1OC(=O)COc1ccc(C)cc1C. The van der Waals surface area contributed by atoms with Crippen molar-refractivity contribution in [3.05, 3.63) is 58.7 Å². The minimum absolute atomic E-state index is 0.00515. The Morgan fingerprint density at radius 3 is 2.48 bits per heavy atom. The number of nitriles is 1. The lowest BCUT2D eigenvalue weighted by atomic mass is 10.1. The van der Waals surface area contributed by atoms with Gasteiger partial charge in [0.25, 0.3) is 5.91 Å². The molecule has 2 aromatic rings. The molecule has 2 aromatic carbocycles. The van der Waals surface area contributed by atoms with Crippen molar-refractivity contribution in [3.63, 3.8) is 0 Å². The van der Waals surface area contributed by atoms with Gasteiger partial charge in [-0.15, -0.1) is 0 Å². The number of hydrogen-bond acceptors (Lipinski definition) is 7. The van der Waals surface area contributed by atoms with Gasteiger partial charge < -0.3 is 23.8 Å². The molecule has 1 aliphatic rings. The van der Waals surface area contributed by atoms with E-state index < -0.39 is 5.97 Å². The summed E-state index contributed by atoms with van der Waals surface area (Å²) in [5.41, 5.74) is 2.60. The van der Waals surface area contributed by atoms with Gasteiger partial charge in [0.05, 0.1) is 20.3 Å². The maximum Gasteiger partial charge on any atom is 0.349 e. The number of carbonyl (C=O) groups is 2. The molecule has 1 aliphatic heterocycles. The van der Waals surface area contributed by atoms with Gasteiger partial charge in [-0.2, -0.15) is 5.26 Å². The first-order valence-electron chi connectivity index (χ1n) is 10.5. The number of rotatable bonds is 7. The van der Waals surface area contributed by atoms with E-state index in [0.29, 0.717) is 43.4 Å². The van der Waals surface area contributed by atoms with Crippen LogP contribution in [0, 0.1) is 25.2 Å². The summed E-state index contributed by atoms with van der Waals surface area (Å²) < 4.78 is 21.5. The predicted octanol–water partition coefficient (Wildman–Crippen LogP) is 3.06. The van der Waals surface area contributed by atoms with Crippen LogP contribution in [-0.4, -0.2) is 56.8 Å². The molecule has 0 atom stereocenters. The van der Waals surface area contributed by atoms with Crippen LogP contribution in [0.4, 0.5) is 0 Å². The van der Waals surface area contributed by atoms with E-state index in [1.165, 1.54) is 13.2 Å². The van der Waals surface area contributed by atoms with Crippen molar-refractivity contribution in [2.24, 2.45) is 0 Å². The van der Waals surface area contributed by atoms with E-state index in [1.54, 1.807) is 23.1 Å². The molecule has 1 fully saturated rings. The van der Waals surface area contributed by atoms with Crippen LogP contribution in [0.3, 0.4) is 0 Å². The quantitative estimate of drug-likeness (QED) is 0.277. The number of ether oxygens (including phenoxy) is 4. The number of amides is 1. The van der Waals surface area contributed by atoms with E-state index in [0.717, 1.165) is 11.1 Å². The summed E-state index contributed by atoms with van der Waals surface area (Å²) in [5, 5.41) is 9.46. The molecule has 172 valence electrons. The zero-order chi connectivity index (χ0) is 23.8. The zero-order valence-electron chi connectivity index (χ0n) is 18.9. The number of hydrogen-bond donors (Lipinski definition) is 0. The molecule has 0 radical (unpaired) electrons. The second kappa shape index (κ2) is 11.2. The van der Waals surface area contributed by atoms with Crippen molar-refractivity contribution in [1.29, 1.82) is 5.26 Å². The fraction of sp³-hybridized carbons (Fsp3) is 0.320. The standard InChI is InChI=1S/C25H26N2O6/c1-17-4-6-21(18(2)12-17)32-16-24(28)33-22-7-5-19(14-23(22)30-3)13-20(15-26)25(29)27-8-10-31-11-9-27/h4-7,12-14H,8-11,16H2,1-3H3/b20-13+. The number of carbonyl (C=O) groups excluding carboxylic acids is 2. The number of esters is 1. The first-order valence-corrected chi connectivity index (χ1v) is 10.5. The lowest BCUT2D eigenvalue weighted by Gasteiger charge is -2.26. The van der Waals surface area contributed by atoms with Gasteiger partial charge in [0.15, 0.2) is 18.1 Å². The summed E-state index contributed by atoms with van der Waals surface area (Å²) in [4.78, 5) is 26.5. The molecule has 0 bridgehead atoms. The van der Waals surface area contributed by atoms with E-state index in [1.807, 2.05) is 38.1 Å². The molecule has 1 amide bonds. The molecule has 0 aromatic heterocycles. The summed E-state index contributed by atoms with van der Waals surface area (Å²) in [6.07, 6.45) is 1.48. The monoisotopic (exact) mass is 450 g/mol. The zero-order valence-corrected chi connectivity index (χ0v) is 18.9.